The molecule has 0 unspecified atom stereocenters. The third-order valence-corrected chi connectivity index (χ3v) is 2.96. The summed E-state index contributed by atoms with van der Waals surface area (Å²) in [5, 5.41) is 9.87. The largest absolute Gasteiger partial charge is 0.383 e. The van der Waals surface area contributed by atoms with Crippen LogP contribution >= 0.6 is 0 Å². The molecule has 0 saturated heterocycles. The van der Waals surface area contributed by atoms with E-state index >= 15 is 0 Å². The lowest BCUT2D eigenvalue weighted by Crippen LogP contribution is -2.17. The lowest BCUT2D eigenvalue weighted by atomic mass is 10.1. The van der Waals surface area contributed by atoms with E-state index in [1.54, 1.807) is 20.0 Å². The molecule has 0 amide bonds. The van der Waals surface area contributed by atoms with E-state index in [1.807, 2.05) is 0 Å². The molecule has 0 atom stereocenters. The van der Waals surface area contributed by atoms with Gasteiger partial charge in [0.2, 0.25) is 0 Å². The number of benzene rings is 1. The van der Waals surface area contributed by atoms with Crippen molar-refractivity contribution in [1.82, 2.24) is 9.97 Å². The molecular weight excluding hydrogens is 224 g/mol. The summed E-state index contributed by atoms with van der Waals surface area (Å²) in [4.78, 5) is 7.38. The van der Waals surface area contributed by atoms with Gasteiger partial charge in [0, 0.05) is 0 Å². The van der Waals surface area contributed by atoms with Gasteiger partial charge in [-0.15, -0.1) is 0 Å². The van der Waals surface area contributed by atoms with Crippen LogP contribution in [0.4, 0.5) is 0 Å². The number of imidazole rings is 1. The Morgan fingerprint density at radius 1 is 1.22 bits per heavy atom. The smallest absolute Gasteiger partial charge is 0.138 e. The molecule has 0 aliphatic carbocycles. The normalized spacial score (nSPS) is 11.8. The van der Waals surface area contributed by atoms with E-state index in [-0.39, 0.29) is 0 Å². The molecule has 2 aromatic rings. The Morgan fingerprint density at radius 3 is 2.39 bits per heavy atom. The van der Waals surface area contributed by atoms with Crippen molar-refractivity contribution in [3.05, 3.63) is 41.9 Å². The van der Waals surface area contributed by atoms with Gasteiger partial charge in [0.25, 0.3) is 0 Å². The number of nitrogens with zero attached hydrogens (tertiary/aromatic N) is 1. The van der Waals surface area contributed by atoms with Crippen LogP contribution in [-0.4, -0.2) is 15.1 Å². The van der Waals surface area contributed by atoms with Gasteiger partial charge in [0.05, 0.1) is 11.9 Å². The van der Waals surface area contributed by atoms with Crippen molar-refractivity contribution in [3.8, 4) is 11.3 Å². The standard InChI is InChI=1S/C15H20N2O/c1-4-5-11-6-8-12(9-7-11)13-10-16-14(17-13)15(2,3)18/h6-10,18H,4-5H2,1-3H3,(H,16,17). The fourth-order valence-corrected chi connectivity index (χ4v) is 1.92. The van der Waals surface area contributed by atoms with Gasteiger partial charge in [0.1, 0.15) is 11.4 Å². The van der Waals surface area contributed by atoms with E-state index in [9.17, 15) is 5.11 Å². The minimum Gasteiger partial charge on any atom is -0.383 e. The SMILES string of the molecule is CCCc1ccc(-c2cnc(C(C)(C)O)[nH]2)cc1. The molecule has 2 N–H and O–H groups in total. The quantitative estimate of drug-likeness (QED) is 0.867. The van der Waals surface area contributed by atoms with Crippen molar-refractivity contribution in [2.24, 2.45) is 0 Å². The van der Waals surface area contributed by atoms with Crippen molar-refractivity contribution in [3.63, 3.8) is 0 Å². The number of aromatic amines is 1. The van der Waals surface area contributed by atoms with Crippen LogP contribution in [0.5, 0.6) is 0 Å². The molecule has 1 aromatic carbocycles. The summed E-state index contributed by atoms with van der Waals surface area (Å²) in [5.41, 5.74) is 2.46. The van der Waals surface area contributed by atoms with Gasteiger partial charge in [-0.25, -0.2) is 4.98 Å². The third kappa shape index (κ3) is 2.79. The first-order chi connectivity index (χ1) is 8.50. The number of hydrogen-bond donors (Lipinski definition) is 2. The van der Waals surface area contributed by atoms with Crippen LogP contribution in [-0.2, 0) is 12.0 Å². The number of aryl methyl sites for hydroxylation is 1. The van der Waals surface area contributed by atoms with E-state index in [2.05, 4.69) is 41.2 Å². The first-order valence-electron chi connectivity index (χ1n) is 6.38. The van der Waals surface area contributed by atoms with E-state index in [1.165, 1.54) is 5.56 Å². The molecule has 0 spiro atoms. The Labute approximate surface area is 108 Å². The van der Waals surface area contributed by atoms with Crippen LogP contribution in [0.3, 0.4) is 0 Å². The highest BCUT2D eigenvalue weighted by molar-refractivity contribution is 5.59. The Morgan fingerprint density at radius 2 is 1.89 bits per heavy atom. The van der Waals surface area contributed by atoms with Gasteiger partial charge in [-0.1, -0.05) is 37.6 Å². The maximum absolute atomic E-state index is 9.87. The highest BCUT2D eigenvalue weighted by atomic mass is 16.3. The van der Waals surface area contributed by atoms with Crippen molar-refractivity contribution in [2.75, 3.05) is 0 Å². The van der Waals surface area contributed by atoms with Crippen molar-refractivity contribution < 1.29 is 5.11 Å². The van der Waals surface area contributed by atoms with E-state index < -0.39 is 5.60 Å². The van der Waals surface area contributed by atoms with Gasteiger partial charge >= 0.3 is 0 Å². The van der Waals surface area contributed by atoms with Crippen molar-refractivity contribution in [2.45, 2.75) is 39.2 Å². The van der Waals surface area contributed by atoms with Gasteiger partial charge in [-0.05, 0) is 31.4 Å². The van der Waals surface area contributed by atoms with Crippen LogP contribution < -0.4 is 0 Å². The number of rotatable bonds is 4. The second kappa shape index (κ2) is 4.94. The lowest BCUT2D eigenvalue weighted by Gasteiger charge is -2.13. The van der Waals surface area contributed by atoms with Crippen LogP contribution in [0.25, 0.3) is 11.3 Å². The molecule has 2 rings (SSSR count). The van der Waals surface area contributed by atoms with Gasteiger partial charge in [-0.3, -0.25) is 0 Å². The van der Waals surface area contributed by atoms with Crippen molar-refractivity contribution >= 4 is 0 Å². The highest BCUT2D eigenvalue weighted by Gasteiger charge is 2.19. The number of nitrogens with one attached hydrogen (secondary N) is 1. The molecule has 0 radical (unpaired) electrons. The molecule has 18 heavy (non-hydrogen) atoms. The third-order valence-electron chi connectivity index (χ3n) is 2.96. The van der Waals surface area contributed by atoms with Gasteiger partial charge in [0.15, 0.2) is 0 Å². The van der Waals surface area contributed by atoms with Crippen LogP contribution in [0.1, 0.15) is 38.6 Å². The fourth-order valence-electron chi connectivity index (χ4n) is 1.92. The Bertz CT molecular complexity index is 506. The number of hydrogen-bond acceptors (Lipinski definition) is 2. The maximum atomic E-state index is 9.87. The molecule has 0 aliphatic heterocycles. The minimum atomic E-state index is -0.930. The number of aromatic nitrogens is 2. The zero-order chi connectivity index (χ0) is 13.2. The molecule has 3 nitrogen and oxygen atoms in total. The molecule has 96 valence electrons. The second-order valence-corrected chi connectivity index (χ2v) is 5.15. The van der Waals surface area contributed by atoms with E-state index in [0.29, 0.717) is 5.82 Å². The maximum Gasteiger partial charge on any atom is 0.138 e. The molecule has 0 aliphatic rings. The molecular formula is C15H20N2O. The zero-order valence-electron chi connectivity index (χ0n) is 11.2. The summed E-state index contributed by atoms with van der Waals surface area (Å²) in [7, 11) is 0. The number of aliphatic hydroxyl groups is 1. The monoisotopic (exact) mass is 244 g/mol. The molecule has 0 bridgehead atoms. The fraction of sp³-hybridized carbons (Fsp3) is 0.400. The predicted molar refractivity (Wildman–Crippen MR) is 73.3 cm³/mol. The van der Waals surface area contributed by atoms with Crippen LogP contribution in [0.2, 0.25) is 0 Å². The average molecular weight is 244 g/mol. The molecule has 1 aromatic heterocycles. The molecule has 0 saturated carbocycles. The van der Waals surface area contributed by atoms with E-state index in [4.69, 9.17) is 0 Å². The second-order valence-electron chi connectivity index (χ2n) is 5.15. The first-order valence-corrected chi connectivity index (χ1v) is 6.38. The molecule has 0 fully saturated rings. The van der Waals surface area contributed by atoms with Crippen molar-refractivity contribution in [1.29, 1.82) is 0 Å². The summed E-state index contributed by atoms with van der Waals surface area (Å²) in [6, 6.07) is 8.46. The first kappa shape index (κ1) is 12.8. The van der Waals surface area contributed by atoms with Crippen LogP contribution in [0.15, 0.2) is 30.5 Å². The average Bonchev–Trinajstić information content (AvgIpc) is 2.79. The highest BCUT2D eigenvalue weighted by Crippen LogP contribution is 2.22. The summed E-state index contributed by atoms with van der Waals surface area (Å²) in [6.45, 7) is 5.62. The zero-order valence-corrected chi connectivity index (χ0v) is 11.2. The molecule has 3 heteroatoms. The Hall–Kier alpha value is -1.61. The minimum absolute atomic E-state index is 0.593. The van der Waals surface area contributed by atoms with Gasteiger partial charge < -0.3 is 10.1 Å². The number of H-pyrrole nitrogens is 1. The topological polar surface area (TPSA) is 48.9 Å². The summed E-state index contributed by atoms with van der Waals surface area (Å²) in [6.07, 6.45) is 4.03. The van der Waals surface area contributed by atoms with Crippen LogP contribution in [0, 0.1) is 0 Å². The lowest BCUT2D eigenvalue weighted by molar-refractivity contribution is 0.0697. The summed E-state index contributed by atoms with van der Waals surface area (Å²) < 4.78 is 0. The Balaban J connectivity index is 2.23. The van der Waals surface area contributed by atoms with Gasteiger partial charge in [-0.2, -0.15) is 0 Å². The Kier molecular flexibility index (Phi) is 3.53. The summed E-state index contributed by atoms with van der Waals surface area (Å²) in [5.74, 6) is 0.593. The predicted octanol–water partition coefficient (Wildman–Crippen LogP) is 3.26. The summed E-state index contributed by atoms with van der Waals surface area (Å²) >= 11 is 0. The van der Waals surface area contributed by atoms with E-state index in [0.717, 1.165) is 24.1 Å². The molecule has 1 heterocycles.